The predicted molar refractivity (Wildman–Crippen MR) is 87.1 cm³/mol. The Bertz CT molecular complexity index is 445. The molecular formula is C16H25BrN2. The van der Waals surface area contributed by atoms with E-state index in [4.69, 9.17) is 0 Å². The van der Waals surface area contributed by atoms with Gasteiger partial charge in [-0.1, -0.05) is 22.9 Å². The molecule has 1 aromatic rings. The minimum absolute atomic E-state index is 0.178. The van der Waals surface area contributed by atoms with Crippen LogP contribution in [0.25, 0.3) is 0 Å². The first-order chi connectivity index (χ1) is 8.84. The van der Waals surface area contributed by atoms with Crippen LogP contribution in [0.3, 0.4) is 0 Å². The highest BCUT2D eigenvalue weighted by atomic mass is 79.9. The Morgan fingerprint density at radius 1 is 1.32 bits per heavy atom. The molecule has 1 saturated heterocycles. The number of anilines is 1. The molecule has 1 N–H and O–H groups in total. The summed E-state index contributed by atoms with van der Waals surface area (Å²) in [5.41, 5.74) is 4.33. The van der Waals surface area contributed by atoms with Gasteiger partial charge in [0.1, 0.15) is 0 Å². The van der Waals surface area contributed by atoms with Crippen molar-refractivity contribution in [3.8, 4) is 0 Å². The highest BCUT2D eigenvalue weighted by Crippen LogP contribution is 2.33. The van der Waals surface area contributed by atoms with E-state index in [1.54, 1.807) is 0 Å². The van der Waals surface area contributed by atoms with Crippen molar-refractivity contribution in [1.82, 2.24) is 5.32 Å². The summed E-state index contributed by atoms with van der Waals surface area (Å²) in [4.78, 5) is 2.60. The fourth-order valence-electron chi connectivity index (χ4n) is 3.10. The minimum Gasteiger partial charge on any atom is -0.365 e. The van der Waals surface area contributed by atoms with Crippen LogP contribution in [0.15, 0.2) is 16.6 Å². The molecule has 19 heavy (non-hydrogen) atoms. The molecule has 1 fully saturated rings. The van der Waals surface area contributed by atoms with Crippen LogP contribution in [0.1, 0.15) is 38.3 Å². The van der Waals surface area contributed by atoms with Crippen molar-refractivity contribution in [2.24, 2.45) is 0 Å². The molecule has 106 valence electrons. The van der Waals surface area contributed by atoms with Crippen molar-refractivity contribution in [2.45, 2.75) is 52.6 Å². The van der Waals surface area contributed by atoms with Crippen molar-refractivity contribution in [3.05, 3.63) is 27.7 Å². The number of piperazine rings is 1. The Morgan fingerprint density at radius 3 is 2.42 bits per heavy atom. The Hall–Kier alpha value is -0.540. The molecule has 3 heteroatoms. The van der Waals surface area contributed by atoms with Crippen LogP contribution >= 0.6 is 15.9 Å². The van der Waals surface area contributed by atoms with Gasteiger partial charge in [-0.05, 0) is 57.4 Å². The third-order valence-corrected chi connectivity index (χ3v) is 4.49. The summed E-state index contributed by atoms with van der Waals surface area (Å²) in [6.07, 6.45) is 1.18. The summed E-state index contributed by atoms with van der Waals surface area (Å²) < 4.78 is 1.17. The fraction of sp³-hybridized carbons (Fsp3) is 0.625. The van der Waals surface area contributed by atoms with Crippen molar-refractivity contribution >= 4 is 21.6 Å². The van der Waals surface area contributed by atoms with Gasteiger partial charge in [0.05, 0.1) is 0 Å². The highest BCUT2D eigenvalue weighted by Gasteiger charge is 2.32. The van der Waals surface area contributed by atoms with Gasteiger partial charge >= 0.3 is 0 Å². The summed E-state index contributed by atoms with van der Waals surface area (Å²) in [6.45, 7) is 13.4. The van der Waals surface area contributed by atoms with E-state index in [0.717, 1.165) is 13.1 Å². The van der Waals surface area contributed by atoms with E-state index < -0.39 is 0 Å². The normalized spacial score (nSPS) is 22.6. The van der Waals surface area contributed by atoms with Crippen LogP contribution in [0.4, 0.5) is 5.69 Å². The first-order valence-electron chi connectivity index (χ1n) is 7.12. The van der Waals surface area contributed by atoms with E-state index in [-0.39, 0.29) is 5.54 Å². The van der Waals surface area contributed by atoms with Crippen LogP contribution in [-0.2, 0) is 0 Å². The lowest BCUT2D eigenvalue weighted by atomic mass is 9.95. The van der Waals surface area contributed by atoms with Crippen LogP contribution in [0.5, 0.6) is 0 Å². The molecule has 0 saturated carbocycles. The maximum Gasteiger partial charge on any atom is 0.0430 e. The molecule has 1 heterocycles. The summed E-state index contributed by atoms with van der Waals surface area (Å²) in [7, 11) is 0. The molecule has 1 aromatic carbocycles. The largest absolute Gasteiger partial charge is 0.365 e. The molecule has 0 bridgehead atoms. The van der Waals surface area contributed by atoms with E-state index in [9.17, 15) is 0 Å². The number of hydrogen-bond acceptors (Lipinski definition) is 2. The van der Waals surface area contributed by atoms with E-state index in [2.05, 4.69) is 72.9 Å². The van der Waals surface area contributed by atoms with E-state index in [1.165, 1.54) is 27.7 Å². The van der Waals surface area contributed by atoms with Crippen LogP contribution in [0, 0.1) is 13.8 Å². The van der Waals surface area contributed by atoms with Crippen molar-refractivity contribution in [1.29, 1.82) is 0 Å². The van der Waals surface area contributed by atoms with Gasteiger partial charge in [-0.2, -0.15) is 0 Å². The Balaban J connectivity index is 2.42. The van der Waals surface area contributed by atoms with Gasteiger partial charge in [0.15, 0.2) is 0 Å². The van der Waals surface area contributed by atoms with E-state index in [0.29, 0.717) is 6.04 Å². The third-order valence-electron chi connectivity index (χ3n) is 4.04. The third kappa shape index (κ3) is 3.14. The zero-order valence-electron chi connectivity index (χ0n) is 12.7. The molecule has 0 aromatic heterocycles. The molecule has 1 aliphatic rings. The average molecular weight is 325 g/mol. The molecule has 1 atom stereocenters. The monoisotopic (exact) mass is 324 g/mol. The lowest BCUT2D eigenvalue weighted by Crippen LogP contribution is -2.62. The minimum atomic E-state index is 0.178. The molecule has 0 radical (unpaired) electrons. The first kappa shape index (κ1) is 14.9. The number of rotatable bonds is 2. The summed E-state index contributed by atoms with van der Waals surface area (Å²) in [6, 6.07) is 5.04. The molecule has 1 unspecified atom stereocenters. The molecule has 2 rings (SSSR count). The number of benzene rings is 1. The van der Waals surface area contributed by atoms with Crippen molar-refractivity contribution in [3.63, 3.8) is 0 Å². The Kier molecular flexibility index (Phi) is 4.26. The summed E-state index contributed by atoms with van der Waals surface area (Å²) >= 11 is 3.59. The Labute approximate surface area is 125 Å². The van der Waals surface area contributed by atoms with Gasteiger partial charge in [0, 0.05) is 34.8 Å². The van der Waals surface area contributed by atoms with Gasteiger partial charge in [0.2, 0.25) is 0 Å². The number of halogens is 1. The zero-order valence-corrected chi connectivity index (χ0v) is 14.3. The lowest BCUT2D eigenvalue weighted by Gasteiger charge is -2.46. The summed E-state index contributed by atoms with van der Waals surface area (Å²) in [5, 5.41) is 3.66. The molecule has 2 nitrogen and oxygen atoms in total. The second kappa shape index (κ2) is 5.45. The van der Waals surface area contributed by atoms with Gasteiger partial charge in [-0.15, -0.1) is 0 Å². The second-order valence-electron chi connectivity index (χ2n) is 6.34. The van der Waals surface area contributed by atoms with Crippen molar-refractivity contribution in [2.75, 3.05) is 18.0 Å². The highest BCUT2D eigenvalue weighted by molar-refractivity contribution is 9.10. The predicted octanol–water partition coefficient (Wildman–Crippen LogP) is 4.03. The van der Waals surface area contributed by atoms with Gasteiger partial charge < -0.3 is 10.2 Å². The Morgan fingerprint density at radius 2 is 1.89 bits per heavy atom. The average Bonchev–Trinajstić information content (AvgIpc) is 2.26. The summed E-state index contributed by atoms with van der Waals surface area (Å²) in [5.74, 6) is 0. The van der Waals surface area contributed by atoms with Gasteiger partial charge in [-0.25, -0.2) is 0 Å². The maximum absolute atomic E-state index is 3.66. The standard InChI is InChI=1S/C16H25BrN2/c1-6-14-9-18-16(4,5)10-19(14)15-11(2)7-13(17)8-12(15)3/h7-8,14,18H,6,9-10H2,1-5H3. The number of nitrogens with zero attached hydrogens (tertiary/aromatic N) is 1. The quantitative estimate of drug-likeness (QED) is 0.883. The second-order valence-corrected chi connectivity index (χ2v) is 7.26. The molecular weight excluding hydrogens is 300 g/mol. The van der Waals surface area contributed by atoms with E-state index in [1.807, 2.05) is 0 Å². The van der Waals surface area contributed by atoms with Crippen LogP contribution < -0.4 is 10.2 Å². The number of nitrogens with one attached hydrogen (secondary N) is 1. The first-order valence-corrected chi connectivity index (χ1v) is 7.92. The van der Waals surface area contributed by atoms with Crippen LogP contribution in [0.2, 0.25) is 0 Å². The maximum atomic E-state index is 3.66. The van der Waals surface area contributed by atoms with Gasteiger partial charge in [0.25, 0.3) is 0 Å². The molecule has 0 spiro atoms. The fourth-order valence-corrected chi connectivity index (χ4v) is 3.78. The van der Waals surface area contributed by atoms with Crippen LogP contribution in [-0.4, -0.2) is 24.7 Å². The SMILES string of the molecule is CCC1CNC(C)(C)CN1c1c(C)cc(Br)cc1C. The van der Waals surface area contributed by atoms with E-state index >= 15 is 0 Å². The smallest absolute Gasteiger partial charge is 0.0430 e. The molecule has 0 amide bonds. The molecule has 1 aliphatic heterocycles. The zero-order chi connectivity index (χ0) is 14.2. The molecule has 0 aliphatic carbocycles. The lowest BCUT2D eigenvalue weighted by molar-refractivity contribution is 0.306. The van der Waals surface area contributed by atoms with Gasteiger partial charge in [-0.3, -0.25) is 0 Å². The topological polar surface area (TPSA) is 15.3 Å². The number of hydrogen-bond donors (Lipinski definition) is 1. The van der Waals surface area contributed by atoms with Crippen molar-refractivity contribution < 1.29 is 0 Å². The number of aryl methyl sites for hydroxylation is 2.